The van der Waals surface area contributed by atoms with Gasteiger partial charge in [-0.15, -0.1) is 0 Å². The van der Waals surface area contributed by atoms with E-state index in [9.17, 15) is 0 Å². The minimum absolute atomic E-state index is 0.286. The molecule has 0 spiro atoms. The molecule has 0 saturated heterocycles. The summed E-state index contributed by atoms with van der Waals surface area (Å²) in [6.45, 7) is 4.63. The van der Waals surface area contributed by atoms with Gasteiger partial charge in [-0.05, 0) is 67.0 Å². The smallest absolute Gasteiger partial charge is 0.113 e. The second-order valence-corrected chi connectivity index (χ2v) is 10.9. The van der Waals surface area contributed by atoms with Crippen molar-refractivity contribution in [2.45, 2.75) is 51.1 Å². The Morgan fingerprint density at radius 2 is 1.14 bits per heavy atom. The monoisotopic (exact) mass is 482 g/mol. The summed E-state index contributed by atoms with van der Waals surface area (Å²) in [6.07, 6.45) is 5.52. The molecule has 2 heterocycles. The fraction of sp³-hybridized carbons (Fsp3) is 0.257. The quantitative estimate of drug-likeness (QED) is 0.288. The van der Waals surface area contributed by atoms with E-state index in [-0.39, 0.29) is 11.6 Å². The molecule has 4 aromatic carbocycles. The Morgan fingerprint density at radius 3 is 1.76 bits per heavy atom. The first-order valence-electron chi connectivity index (χ1n) is 13.8. The van der Waals surface area contributed by atoms with E-state index >= 15 is 0 Å². The molecule has 1 atom stereocenters. The highest BCUT2D eigenvalue weighted by Gasteiger charge is 2.58. The molecule has 0 aromatic heterocycles. The fourth-order valence-electron chi connectivity index (χ4n) is 7.54. The standard InChI is InChI=1S/C35H34N2/c1-25-15-9-13-23-31(25)36-26(2)33-35(28-18-5-3-6-19-28,29-20-7-4-8-21-29)30-22-12-14-24-32(30)37(33)34(36)27-16-10-11-17-27/h3-9,12-15,18-24,27,34H,10-11,16-17H2,1-2H3. The topological polar surface area (TPSA) is 6.48 Å². The molecule has 184 valence electrons. The zero-order valence-electron chi connectivity index (χ0n) is 21.8. The normalized spacial score (nSPS) is 20.4. The first-order valence-corrected chi connectivity index (χ1v) is 13.8. The number of hydrogen-bond donors (Lipinski definition) is 0. The van der Waals surface area contributed by atoms with Crippen LogP contribution in [-0.2, 0) is 5.41 Å². The van der Waals surface area contributed by atoms with Gasteiger partial charge in [-0.2, -0.15) is 0 Å². The Balaban J connectivity index is 1.59. The van der Waals surface area contributed by atoms with Crippen LogP contribution < -0.4 is 9.80 Å². The number of aryl methyl sites for hydroxylation is 1. The molecule has 3 aliphatic rings. The van der Waals surface area contributed by atoms with E-state index in [1.54, 1.807) is 0 Å². The zero-order chi connectivity index (χ0) is 25.0. The second-order valence-electron chi connectivity index (χ2n) is 10.9. The molecule has 1 aliphatic carbocycles. The second kappa shape index (κ2) is 8.66. The summed E-state index contributed by atoms with van der Waals surface area (Å²) in [5.41, 5.74) is 10.5. The van der Waals surface area contributed by atoms with Gasteiger partial charge in [0.1, 0.15) is 6.17 Å². The van der Waals surface area contributed by atoms with E-state index < -0.39 is 0 Å². The van der Waals surface area contributed by atoms with Crippen molar-refractivity contribution >= 4 is 11.4 Å². The summed E-state index contributed by atoms with van der Waals surface area (Å²) >= 11 is 0. The number of nitrogens with zero attached hydrogens (tertiary/aromatic N) is 2. The lowest BCUT2D eigenvalue weighted by Crippen LogP contribution is -2.45. The minimum Gasteiger partial charge on any atom is -0.322 e. The molecule has 1 unspecified atom stereocenters. The largest absolute Gasteiger partial charge is 0.322 e. The molecule has 0 radical (unpaired) electrons. The molecule has 2 heteroatoms. The number of rotatable bonds is 4. The van der Waals surface area contributed by atoms with Gasteiger partial charge >= 0.3 is 0 Å². The van der Waals surface area contributed by atoms with Crippen LogP contribution in [0.15, 0.2) is 121 Å². The molecule has 1 saturated carbocycles. The van der Waals surface area contributed by atoms with Crippen LogP contribution in [0.1, 0.15) is 54.9 Å². The molecule has 2 nitrogen and oxygen atoms in total. The van der Waals surface area contributed by atoms with Crippen molar-refractivity contribution in [1.82, 2.24) is 0 Å². The van der Waals surface area contributed by atoms with Gasteiger partial charge in [0, 0.05) is 17.1 Å². The number of hydrogen-bond acceptors (Lipinski definition) is 2. The summed E-state index contributed by atoms with van der Waals surface area (Å²) in [5.74, 6) is 0.627. The first kappa shape index (κ1) is 22.4. The maximum absolute atomic E-state index is 2.74. The van der Waals surface area contributed by atoms with Gasteiger partial charge in [-0.3, -0.25) is 0 Å². The summed E-state index contributed by atoms with van der Waals surface area (Å²) in [5, 5.41) is 0. The van der Waals surface area contributed by atoms with Crippen molar-refractivity contribution in [1.29, 1.82) is 0 Å². The Kier molecular flexibility index (Phi) is 5.25. The summed E-state index contributed by atoms with van der Waals surface area (Å²) < 4.78 is 0. The van der Waals surface area contributed by atoms with Crippen molar-refractivity contribution in [3.05, 3.63) is 143 Å². The Hall–Kier alpha value is -3.78. The summed E-state index contributed by atoms with van der Waals surface area (Å²) in [4.78, 5) is 5.43. The van der Waals surface area contributed by atoms with Gasteiger partial charge in [-0.1, -0.05) is 110 Å². The average molecular weight is 483 g/mol. The van der Waals surface area contributed by atoms with E-state index in [4.69, 9.17) is 0 Å². The first-order chi connectivity index (χ1) is 18.2. The van der Waals surface area contributed by atoms with Crippen molar-refractivity contribution in [3.8, 4) is 0 Å². The lowest BCUT2D eigenvalue weighted by Gasteiger charge is -2.38. The average Bonchev–Trinajstić information content (AvgIpc) is 3.65. The Labute approximate surface area is 220 Å². The van der Waals surface area contributed by atoms with Crippen molar-refractivity contribution in [2.24, 2.45) is 5.92 Å². The molecule has 4 aromatic rings. The highest BCUT2D eigenvalue weighted by atomic mass is 15.4. The van der Waals surface area contributed by atoms with Crippen molar-refractivity contribution in [2.75, 3.05) is 9.80 Å². The van der Waals surface area contributed by atoms with E-state index in [1.165, 1.54) is 70.7 Å². The third kappa shape index (κ3) is 3.11. The Morgan fingerprint density at radius 1 is 0.595 bits per heavy atom. The highest BCUT2D eigenvalue weighted by molar-refractivity contribution is 5.84. The lowest BCUT2D eigenvalue weighted by molar-refractivity contribution is 0.432. The molecule has 1 fully saturated rings. The van der Waals surface area contributed by atoms with Gasteiger partial charge in [0.15, 0.2) is 0 Å². The van der Waals surface area contributed by atoms with Gasteiger partial charge in [-0.25, -0.2) is 0 Å². The lowest BCUT2D eigenvalue weighted by atomic mass is 9.68. The molecule has 0 bridgehead atoms. The number of para-hydroxylation sites is 2. The van der Waals surface area contributed by atoms with Crippen LogP contribution in [0, 0.1) is 12.8 Å². The summed E-state index contributed by atoms with van der Waals surface area (Å²) in [6, 6.07) is 40.5. The molecule has 2 aliphatic heterocycles. The van der Waals surface area contributed by atoms with Crippen LogP contribution in [0.5, 0.6) is 0 Å². The van der Waals surface area contributed by atoms with Gasteiger partial charge < -0.3 is 9.80 Å². The van der Waals surface area contributed by atoms with Crippen LogP contribution in [0.2, 0.25) is 0 Å². The predicted octanol–water partition coefficient (Wildman–Crippen LogP) is 8.42. The third-order valence-electron chi connectivity index (χ3n) is 9.01. The van der Waals surface area contributed by atoms with Crippen LogP contribution in [-0.4, -0.2) is 6.17 Å². The molecular weight excluding hydrogens is 448 g/mol. The van der Waals surface area contributed by atoms with Crippen LogP contribution in [0.4, 0.5) is 11.4 Å². The third-order valence-corrected chi connectivity index (χ3v) is 9.01. The molecular formula is C35H34N2. The fourth-order valence-corrected chi connectivity index (χ4v) is 7.54. The predicted molar refractivity (Wildman–Crippen MR) is 154 cm³/mol. The van der Waals surface area contributed by atoms with Gasteiger partial charge in [0.25, 0.3) is 0 Å². The number of fused-ring (bicyclic) bond motifs is 3. The van der Waals surface area contributed by atoms with Crippen LogP contribution >= 0.6 is 0 Å². The maximum atomic E-state index is 2.74. The van der Waals surface area contributed by atoms with E-state index in [2.05, 4.69) is 133 Å². The van der Waals surface area contributed by atoms with Crippen molar-refractivity contribution in [3.63, 3.8) is 0 Å². The number of benzene rings is 4. The number of anilines is 2. The zero-order valence-corrected chi connectivity index (χ0v) is 21.8. The SMILES string of the molecule is CC1=C2N(c3ccccc3C2(c2ccccc2)c2ccccc2)C(C2CCCC2)N1c1ccccc1C. The van der Waals surface area contributed by atoms with Crippen LogP contribution in [0.25, 0.3) is 0 Å². The Bertz CT molecular complexity index is 1420. The molecule has 7 rings (SSSR count). The van der Waals surface area contributed by atoms with E-state index in [1.807, 2.05) is 0 Å². The van der Waals surface area contributed by atoms with Crippen LogP contribution in [0.3, 0.4) is 0 Å². The number of allylic oxidation sites excluding steroid dienone is 2. The van der Waals surface area contributed by atoms with E-state index in [0.717, 1.165) is 0 Å². The molecule has 37 heavy (non-hydrogen) atoms. The molecule has 0 amide bonds. The molecule has 0 N–H and O–H groups in total. The maximum Gasteiger partial charge on any atom is 0.113 e. The van der Waals surface area contributed by atoms with Gasteiger partial charge in [0.2, 0.25) is 0 Å². The van der Waals surface area contributed by atoms with E-state index in [0.29, 0.717) is 5.92 Å². The van der Waals surface area contributed by atoms with Crippen molar-refractivity contribution < 1.29 is 0 Å². The van der Waals surface area contributed by atoms with Gasteiger partial charge in [0.05, 0.1) is 11.1 Å². The highest BCUT2D eigenvalue weighted by Crippen LogP contribution is 2.61. The summed E-state index contributed by atoms with van der Waals surface area (Å²) in [7, 11) is 0. The minimum atomic E-state index is -0.364.